The second-order valence-electron chi connectivity index (χ2n) is 5.23. The van der Waals surface area contributed by atoms with Gasteiger partial charge in [-0.15, -0.1) is 11.3 Å². The maximum absolute atomic E-state index is 4.45. The van der Waals surface area contributed by atoms with Crippen LogP contribution in [0.5, 0.6) is 0 Å². The number of hydrogen-bond donors (Lipinski definition) is 1. The predicted octanol–water partition coefficient (Wildman–Crippen LogP) is 4.82. The predicted molar refractivity (Wildman–Crippen MR) is 82.3 cm³/mol. The minimum atomic E-state index is 0.155. The summed E-state index contributed by atoms with van der Waals surface area (Å²) in [4.78, 5) is 5.74. The Kier molecular flexibility index (Phi) is 4.07. The lowest BCUT2D eigenvalue weighted by molar-refractivity contribution is 0.587. The van der Waals surface area contributed by atoms with Crippen LogP contribution in [0.3, 0.4) is 0 Å². The molecule has 18 heavy (non-hydrogen) atoms. The molecule has 0 aliphatic heterocycles. The van der Waals surface area contributed by atoms with Gasteiger partial charge in [-0.3, -0.25) is 0 Å². The Morgan fingerprint density at radius 1 is 1.28 bits per heavy atom. The van der Waals surface area contributed by atoms with Gasteiger partial charge < -0.3 is 5.32 Å². The lowest BCUT2D eigenvalue weighted by Crippen LogP contribution is -2.11. The fourth-order valence-corrected chi connectivity index (χ4v) is 3.00. The fourth-order valence-electron chi connectivity index (χ4n) is 1.56. The highest BCUT2D eigenvalue weighted by molar-refractivity contribution is 9.10. The van der Waals surface area contributed by atoms with Gasteiger partial charge in [-0.25, -0.2) is 4.98 Å². The molecule has 1 N–H and O–H groups in total. The summed E-state index contributed by atoms with van der Waals surface area (Å²) in [7, 11) is 0. The van der Waals surface area contributed by atoms with Crippen LogP contribution in [0.15, 0.2) is 34.2 Å². The number of thiophene rings is 1. The molecule has 2 aromatic heterocycles. The molecule has 0 radical (unpaired) electrons. The normalized spacial score (nSPS) is 11.6. The van der Waals surface area contributed by atoms with E-state index in [0.717, 1.165) is 16.8 Å². The third-order valence-corrected chi connectivity index (χ3v) is 4.68. The summed E-state index contributed by atoms with van der Waals surface area (Å²) >= 11 is 5.27. The van der Waals surface area contributed by atoms with Crippen molar-refractivity contribution in [1.82, 2.24) is 4.98 Å². The van der Waals surface area contributed by atoms with E-state index in [-0.39, 0.29) is 5.41 Å². The molecule has 0 atom stereocenters. The Hall–Kier alpha value is -0.870. The van der Waals surface area contributed by atoms with Crippen LogP contribution >= 0.6 is 27.3 Å². The second kappa shape index (κ2) is 5.41. The fraction of sp³-hybridized carbons (Fsp3) is 0.357. The number of rotatable bonds is 3. The Morgan fingerprint density at radius 2 is 2.06 bits per heavy atom. The first kappa shape index (κ1) is 13.6. The maximum atomic E-state index is 4.45. The SMILES string of the molecule is CC(C)(C)c1ccc(NCc2sccc2Br)nc1. The average molecular weight is 325 g/mol. The Morgan fingerprint density at radius 3 is 2.56 bits per heavy atom. The first-order chi connectivity index (χ1) is 8.47. The standard InChI is InChI=1S/C14H17BrN2S/c1-14(2,3)10-4-5-13(16-8-10)17-9-12-11(15)6-7-18-12/h4-8H,9H2,1-3H3,(H,16,17). The van der Waals surface area contributed by atoms with Gasteiger partial charge >= 0.3 is 0 Å². The van der Waals surface area contributed by atoms with Gasteiger partial charge in [0.25, 0.3) is 0 Å². The molecule has 96 valence electrons. The first-order valence-electron chi connectivity index (χ1n) is 5.89. The van der Waals surface area contributed by atoms with E-state index in [1.807, 2.05) is 12.3 Å². The van der Waals surface area contributed by atoms with E-state index in [4.69, 9.17) is 0 Å². The quantitative estimate of drug-likeness (QED) is 0.875. The molecule has 0 fully saturated rings. The van der Waals surface area contributed by atoms with Crippen LogP contribution in [-0.2, 0) is 12.0 Å². The molecule has 0 saturated carbocycles. The van der Waals surface area contributed by atoms with Gasteiger partial charge in [0.2, 0.25) is 0 Å². The molecule has 4 heteroatoms. The summed E-state index contributed by atoms with van der Waals surface area (Å²) in [6, 6.07) is 6.25. The van der Waals surface area contributed by atoms with Gasteiger partial charge in [-0.2, -0.15) is 0 Å². The molecule has 0 spiro atoms. The zero-order valence-electron chi connectivity index (χ0n) is 10.8. The third kappa shape index (κ3) is 3.33. The van der Waals surface area contributed by atoms with E-state index in [9.17, 15) is 0 Å². The molecule has 0 aromatic carbocycles. The van der Waals surface area contributed by atoms with E-state index >= 15 is 0 Å². The number of aromatic nitrogens is 1. The Labute approximate surface area is 121 Å². The van der Waals surface area contributed by atoms with Gasteiger partial charge in [0.05, 0.1) is 6.54 Å². The topological polar surface area (TPSA) is 24.9 Å². The highest BCUT2D eigenvalue weighted by Gasteiger charge is 2.13. The van der Waals surface area contributed by atoms with E-state index < -0.39 is 0 Å². The van der Waals surface area contributed by atoms with Gasteiger partial charge in [0.1, 0.15) is 5.82 Å². The molecule has 2 nitrogen and oxygen atoms in total. The van der Waals surface area contributed by atoms with Crippen LogP contribution in [0, 0.1) is 0 Å². The summed E-state index contributed by atoms with van der Waals surface area (Å²) in [5.41, 5.74) is 1.41. The maximum Gasteiger partial charge on any atom is 0.126 e. The first-order valence-corrected chi connectivity index (χ1v) is 7.56. The molecule has 0 amide bonds. The summed E-state index contributed by atoms with van der Waals surface area (Å²) in [6.45, 7) is 7.39. The van der Waals surface area contributed by atoms with Crippen molar-refractivity contribution in [2.45, 2.75) is 32.7 Å². The lowest BCUT2D eigenvalue weighted by atomic mass is 9.88. The van der Waals surface area contributed by atoms with E-state index in [2.05, 4.69) is 64.5 Å². The van der Waals surface area contributed by atoms with Crippen molar-refractivity contribution in [3.8, 4) is 0 Å². The molecule has 0 unspecified atom stereocenters. The van der Waals surface area contributed by atoms with E-state index in [0.29, 0.717) is 0 Å². The lowest BCUT2D eigenvalue weighted by Gasteiger charge is -2.18. The summed E-state index contributed by atoms with van der Waals surface area (Å²) in [6.07, 6.45) is 1.95. The Balaban J connectivity index is 2.01. The molecule has 2 heterocycles. The van der Waals surface area contributed by atoms with Crippen molar-refractivity contribution < 1.29 is 0 Å². The van der Waals surface area contributed by atoms with E-state index in [1.54, 1.807) is 11.3 Å². The van der Waals surface area contributed by atoms with Crippen molar-refractivity contribution in [3.05, 3.63) is 44.7 Å². The van der Waals surface area contributed by atoms with Crippen molar-refractivity contribution in [1.29, 1.82) is 0 Å². The molecule has 2 rings (SSSR count). The highest BCUT2D eigenvalue weighted by atomic mass is 79.9. The van der Waals surface area contributed by atoms with Crippen LogP contribution in [-0.4, -0.2) is 4.98 Å². The van der Waals surface area contributed by atoms with Crippen LogP contribution in [0.2, 0.25) is 0 Å². The van der Waals surface area contributed by atoms with Crippen LogP contribution < -0.4 is 5.32 Å². The minimum absolute atomic E-state index is 0.155. The van der Waals surface area contributed by atoms with Crippen LogP contribution in [0.1, 0.15) is 31.2 Å². The molecule has 0 saturated heterocycles. The number of nitrogens with zero attached hydrogens (tertiary/aromatic N) is 1. The average Bonchev–Trinajstić information content (AvgIpc) is 2.72. The summed E-state index contributed by atoms with van der Waals surface area (Å²) in [5, 5.41) is 5.42. The van der Waals surface area contributed by atoms with Crippen molar-refractivity contribution in [2.75, 3.05) is 5.32 Å². The number of hydrogen-bond acceptors (Lipinski definition) is 3. The van der Waals surface area contributed by atoms with E-state index in [1.165, 1.54) is 10.4 Å². The Bertz CT molecular complexity index is 511. The second-order valence-corrected chi connectivity index (χ2v) is 7.08. The number of halogens is 1. The van der Waals surface area contributed by atoms with Crippen molar-refractivity contribution in [2.24, 2.45) is 0 Å². The van der Waals surface area contributed by atoms with Crippen LogP contribution in [0.4, 0.5) is 5.82 Å². The molecule has 2 aromatic rings. The molecule has 0 aliphatic rings. The molecule has 0 aliphatic carbocycles. The highest BCUT2D eigenvalue weighted by Crippen LogP contribution is 2.24. The number of anilines is 1. The molecular formula is C14H17BrN2S. The molecule has 0 bridgehead atoms. The smallest absolute Gasteiger partial charge is 0.126 e. The summed E-state index contributed by atoms with van der Waals surface area (Å²) < 4.78 is 1.16. The van der Waals surface area contributed by atoms with Crippen LogP contribution in [0.25, 0.3) is 0 Å². The zero-order chi connectivity index (χ0) is 13.2. The van der Waals surface area contributed by atoms with Gasteiger partial charge in [-0.05, 0) is 44.4 Å². The monoisotopic (exact) mass is 324 g/mol. The van der Waals surface area contributed by atoms with Gasteiger partial charge in [0, 0.05) is 15.5 Å². The third-order valence-electron chi connectivity index (χ3n) is 2.75. The number of nitrogens with one attached hydrogen (secondary N) is 1. The minimum Gasteiger partial charge on any atom is -0.365 e. The van der Waals surface area contributed by atoms with Gasteiger partial charge in [-0.1, -0.05) is 26.8 Å². The summed E-state index contributed by atoms with van der Waals surface area (Å²) in [5.74, 6) is 0.920. The number of pyridine rings is 1. The zero-order valence-corrected chi connectivity index (χ0v) is 13.2. The molecular weight excluding hydrogens is 308 g/mol. The van der Waals surface area contributed by atoms with Gasteiger partial charge in [0.15, 0.2) is 0 Å². The van der Waals surface area contributed by atoms with Crippen molar-refractivity contribution in [3.63, 3.8) is 0 Å². The van der Waals surface area contributed by atoms with Crippen molar-refractivity contribution >= 4 is 33.1 Å². The largest absolute Gasteiger partial charge is 0.365 e.